The molecule has 0 amide bonds. The van der Waals surface area contributed by atoms with Crippen LogP contribution >= 0.6 is 23.2 Å². The lowest BCUT2D eigenvalue weighted by Crippen LogP contribution is -2.40. The van der Waals surface area contributed by atoms with Crippen molar-refractivity contribution in [3.05, 3.63) is 70.7 Å². The van der Waals surface area contributed by atoms with Gasteiger partial charge in [-0.3, -0.25) is 0 Å². The van der Waals surface area contributed by atoms with Gasteiger partial charge in [-0.15, -0.1) is 0 Å². The summed E-state index contributed by atoms with van der Waals surface area (Å²) in [5, 5.41) is 0.814. The van der Waals surface area contributed by atoms with E-state index in [0.717, 1.165) is 0 Å². The number of hydrogen-bond acceptors (Lipinski definition) is 6. The van der Waals surface area contributed by atoms with Crippen molar-refractivity contribution in [2.24, 2.45) is 0 Å². The number of likely N-dealkylation sites (N-methyl/N-ethyl adjacent to an activating group) is 1. The van der Waals surface area contributed by atoms with Gasteiger partial charge in [-0.1, -0.05) is 35.4 Å². The molecule has 0 N–H and O–H groups in total. The molecular formula is C24H28Cl2N2O6S2. The van der Waals surface area contributed by atoms with Gasteiger partial charge in [0, 0.05) is 42.8 Å². The molecule has 2 aromatic carbocycles. The smallest absolute Gasteiger partial charge is 0.243 e. The predicted octanol–water partition coefficient (Wildman–Crippen LogP) is 4.00. The first-order valence-corrected chi connectivity index (χ1v) is 14.8. The Morgan fingerprint density at radius 3 is 2.11 bits per heavy atom. The van der Waals surface area contributed by atoms with E-state index in [2.05, 4.69) is 0 Å². The summed E-state index contributed by atoms with van der Waals surface area (Å²) in [5.41, 5.74) is 0. The fraction of sp³-hybridized carbons (Fsp3) is 0.375. The zero-order valence-electron chi connectivity index (χ0n) is 19.8. The van der Waals surface area contributed by atoms with Crippen LogP contribution in [0.4, 0.5) is 0 Å². The van der Waals surface area contributed by atoms with Gasteiger partial charge in [0.25, 0.3) is 0 Å². The van der Waals surface area contributed by atoms with Crippen LogP contribution in [0.3, 0.4) is 0 Å². The molecule has 0 saturated carbocycles. The number of methoxy groups -OCH3 is 1. The zero-order valence-corrected chi connectivity index (χ0v) is 23.0. The molecule has 36 heavy (non-hydrogen) atoms. The van der Waals surface area contributed by atoms with E-state index in [1.807, 2.05) is 0 Å². The van der Waals surface area contributed by atoms with E-state index in [1.165, 1.54) is 71.3 Å². The lowest BCUT2D eigenvalue weighted by molar-refractivity contribution is -0.116. The van der Waals surface area contributed by atoms with E-state index < -0.39 is 38.2 Å². The Kier molecular flexibility index (Phi) is 9.73. The topological polar surface area (TPSA) is 101 Å². The number of benzene rings is 2. The molecule has 0 spiro atoms. The summed E-state index contributed by atoms with van der Waals surface area (Å²) in [7, 11) is -4.94. The molecule has 0 radical (unpaired) electrons. The summed E-state index contributed by atoms with van der Waals surface area (Å²) < 4.78 is 61.1. The largest absolute Gasteiger partial charge is 0.374 e. The predicted molar refractivity (Wildman–Crippen MR) is 139 cm³/mol. The quantitative estimate of drug-likeness (QED) is 0.297. The van der Waals surface area contributed by atoms with Crippen molar-refractivity contribution in [2.75, 3.05) is 20.7 Å². The van der Waals surface area contributed by atoms with E-state index >= 15 is 0 Å². The molecule has 1 fully saturated rings. The Morgan fingerprint density at radius 1 is 1.03 bits per heavy atom. The fourth-order valence-electron chi connectivity index (χ4n) is 3.99. The number of aldehydes is 1. The molecule has 0 aliphatic carbocycles. The number of allylic oxidation sites excluding steroid dienone is 1. The third kappa shape index (κ3) is 6.55. The Balaban J connectivity index is 1.89. The summed E-state index contributed by atoms with van der Waals surface area (Å²) in [6.45, 7) is -0.0294. The molecule has 196 valence electrons. The number of ether oxygens (including phenoxy) is 1. The molecule has 1 heterocycles. The van der Waals surface area contributed by atoms with Gasteiger partial charge in [0.1, 0.15) is 12.4 Å². The molecule has 3 atom stereocenters. The standard InChI is InChI=1S/C24H28Cl2N2O6S2/c1-27(35(30,31)23-11-7-18(25)8-12-23)21-15-20(5-3-4-6-22(17-29)34-2)28(16-21)36(32,33)24-13-9-19(26)10-14-24/h3,5,7-14,17,20-22H,4,6,15-16H2,1-2H3/t20-,21-,22?/m1/s1. The molecule has 0 bridgehead atoms. The van der Waals surface area contributed by atoms with Crippen LogP contribution in [0.2, 0.25) is 10.0 Å². The highest BCUT2D eigenvalue weighted by Crippen LogP contribution is 2.32. The highest BCUT2D eigenvalue weighted by molar-refractivity contribution is 7.89. The van der Waals surface area contributed by atoms with Crippen LogP contribution in [0.1, 0.15) is 19.3 Å². The Hall–Kier alpha value is -1.79. The van der Waals surface area contributed by atoms with Crippen molar-refractivity contribution in [2.45, 2.75) is 47.2 Å². The van der Waals surface area contributed by atoms with Gasteiger partial charge in [-0.2, -0.15) is 8.61 Å². The normalized spacial score (nSPS) is 20.2. The Bertz CT molecular complexity index is 1280. The lowest BCUT2D eigenvalue weighted by Gasteiger charge is -2.24. The van der Waals surface area contributed by atoms with Crippen LogP contribution in [0, 0.1) is 0 Å². The number of nitrogens with zero attached hydrogens (tertiary/aromatic N) is 2. The van der Waals surface area contributed by atoms with Crippen molar-refractivity contribution < 1.29 is 26.4 Å². The number of carbonyl (C=O) groups excluding carboxylic acids is 1. The summed E-state index contributed by atoms with van der Waals surface area (Å²) in [6, 6.07) is 10.5. The van der Waals surface area contributed by atoms with Gasteiger partial charge in [0.15, 0.2) is 0 Å². The second-order valence-corrected chi connectivity index (χ2v) is 13.1. The maximum atomic E-state index is 13.5. The first-order chi connectivity index (χ1) is 17.0. The van der Waals surface area contributed by atoms with Crippen molar-refractivity contribution in [3.8, 4) is 0 Å². The monoisotopic (exact) mass is 574 g/mol. The third-order valence-electron chi connectivity index (χ3n) is 6.13. The summed E-state index contributed by atoms with van der Waals surface area (Å²) >= 11 is 11.8. The number of halogens is 2. The molecule has 1 aliphatic rings. The van der Waals surface area contributed by atoms with Crippen LogP contribution in [0.25, 0.3) is 0 Å². The maximum Gasteiger partial charge on any atom is 0.243 e. The van der Waals surface area contributed by atoms with E-state index in [1.54, 1.807) is 12.2 Å². The second-order valence-electron chi connectivity index (χ2n) is 8.38. The van der Waals surface area contributed by atoms with Crippen molar-refractivity contribution in [3.63, 3.8) is 0 Å². The Morgan fingerprint density at radius 2 is 1.58 bits per heavy atom. The summed E-state index contributed by atoms with van der Waals surface area (Å²) in [4.78, 5) is 11.1. The van der Waals surface area contributed by atoms with Crippen LogP contribution in [-0.2, 0) is 29.6 Å². The molecule has 2 aromatic rings. The van der Waals surface area contributed by atoms with E-state index in [0.29, 0.717) is 29.2 Å². The fourth-order valence-corrected chi connectivity index (χ4v) is 7.24. The number of carbonyl (C=O) groups is 1. The van der Waals surface area contributed by atoms with E-state index in [9.17, 15) is 21.6 Å². The van der Waals surface area contributed by atoms with Gasteiger partial charge in [-0.05, 0) is 67.8 Å². The van der Waals surface area contributed by atoms with Crippen molar-refractivity contribution in [1.82, 2.24) is 8.61 Å². The SMILES string of the molecule is COC(C=O)CCC=C[C@@H]1C[C@@H](N(C)S(=O)(=O)c2ccc(Cl)cc2)CN1S(=O)(=O)c1ccc(Cl)cc1. The van der Waals surface area contributed by atoms with Crippen LogP contribution in [0.15, 0.2) is 70.5 Å². The minimum atomic E-state index is -3.95. The van der Waals surface area contributed by atoms with E-state index in [4.69, 9.17) is 27.9 Å². The minimum absolute atomic E-state index is 0.0294. The highest BCUT2D eigenvalue weighted by Gasteiger charge is 2.43. The van der Waals surface area contributed by atoms with Gasteiger partial charge in [0.2, 0.25) is 20.0 Å². The molecule has 0 aromatic heterocycles. The third-order valence-corrected chi connectivity index (χ3v) is 10.5. The Labute approximate surface area is 222 Å². The lowest BCUT2D eigenvalue weighted by atomic mass is 10.1. The number of hydrogen-bond donors (Lipinski definition) is 0. The van der Waals surface area contributed by atoms with Crippen LogP contribution in [-0.4, -0.2) is 70.6 Å². The molecule has 3 rings (SSSR count). The maximum absolute atomic E-state index is 13.5. The molecular weight excluding hydrogens is 547 g/mol. The van der Waals surface area contributed by atoms with Crippen LogP contribution in [0.5, 0.6) is 0 Å². The van der Waals surface area contributed by atoms with Crippen LogP contribution < -0.4 is 0 Å². The molecule has 1 saturated heterocycles. The molecule has 1 unspecified atom stereocenters. The van der Waals surface area contributed by atoms with Gasteiger partial charge in [0.05, 0.1) is 9.79 Å². The van der Waals surface area contributed by atoms with Gasteiger partial charge >= 0.3 is 0 Å². The van der Waals surface area contributed by atoms with Gasteiger partial charge < -0.3 is 9.53 Å². The second kappa shape index (κ2) is 12.2. The minimum Gasteiger partial charge on any atom is -0.374 e. The first kappa shape index (κ1) is 28.8. The number of rotatable bonds is 11. The summed E-state index contributed by atoms with van der Waals surface area (Å²) in [5.74, 6) is 0. The average Bonchev–Trinajstić information content (AvgIpc) is 3.29. The zero-order chi connectivity index (χ0) is 26.5. The van der Waals surface area contributed by atoms with E-state index in [-0.39, 0.29) is 22.8 Å². The number of sulfonamides is 2. The highest BCUT2D eigenvalue weighted by atomic mass is 35.5. The first-order valence-electron chi connectivity index (χ1n) is 11.2. The van der Waals surface area contributed by atoms with Gasteiger partial charge in [-0.25, -0.2) is 16.8 Å². The average molecular weight is 576 g/mol. The van der Waals surface area contributed by atoms with Crippen molar-refractivity contribution >= 4 is 49.5 Å². The molecule has 12 heteroatoms. The molecule has 1 aliphatic heterocycles. The summed E-state index contributed by atoms with van der Waals surface area (Å²) in [6.07, 6.45) is 4.90. The van der Waals surface area contributed by atoms with Crippen molar-refractivity contribution in [1.29, 1.82) is 0 Å². The molecule has 8 nitrogen and oxygen atoms in total.